The van der Waals surface area contributed by atoms with E-state index in [9.17, 15) is 0 Å². The third-order valence-electron chi connectivity index (χ3n) is 11.3. The van der Waals surface area contributed by atoms with Crippen molar-refractivity contribution in [3.8, 4) is 45.3 Å². The van der Waals surface area contributed by atoms with Crippen LogP contribution >= 0.6 is 11.3 Å². The van der Waals surface area contributed by atoms with Crippen LogP contribution in [0.4, 0.5) is 0 Å². The van der Waals surface area contributed by atoms with Crippen molar-refractivity contribution >= 4 is 75.1 Å². The lowest BCUT2D eigenvalue weighted by atomic mass is 10.0. The Bertz CT molecular complexity index is 3430. The second kappa shape index (κ2) is 12.6. The Morgan fingerprint density at radius 3 is 1.46 bits per heavy atom. The van der Waals surface area contributed by atoms with Gasteiger partial charge in [-0.2, -0.15) is 0 Å². The lowest BCUT2D eigenvalue weighted by Crippen LogP contribution is -1.97. The Balaban J connectivity index is 1.16. The van der Waals surface area contributed by atoms with E-state index in [2.05, 4.69) is 179 Å². The maximum Gasteiger partial charge on any atom is 0.160 e. The number of thiophene rings is 1. The lowest BCUT2D eigenvalue weighted by molar-refractivity contribution is 1.17. The Morgan fingerprint density at radius 1 is 0.368 bits per heavy atom. The van der Waals surface area contributed by atoms with Gasteiger partial charge in [0.05, 0.1) is 33.5 Å². The number of benzene rings is 8. The van der Waals surface area contributed by atoms with Gasteiger partial charge in [0.2, 0.25) is 0 Å². The summed E-state index contributed by atoms with van der Waals surface area (Å²) in [6, 6.07) is 69.2. The highest BCUT2D eigenvalue weighted by Crippen LogP contribution is 2.51. The van der Waals surface area contributed by atoms with E-state index < -0.39 is 0 Å². The number of para-hydroxylation sites is 3. The SMILES string of the molecule is c1ccc(-c2cc(-c3ccc(-n4c5ccccc5c5c6sc7ccccc7c6c6c(c7ccccc7n6-c6ccccc6)c54)cc3)nc(-c3ccccc3)n2)cc1. The average Bonchev–Trinajstić information content (AvgIpc) is 3.95. The van der Waals surface area contributed by atoms with Crippen molar-refractivity contribution in [1.82, 2.24) is 19.1 Å². The maximum absolute atomic E-state index is 5.13. The van der Waals surface area contributed by atoms with E-state index in [-0.39, 0.29) is 0 Å². The molecule has 0 radical (unpaired) electrons. The van der Waals surface area contributed by atoms with Crippen molar-refractivity contribution < 1.29 is 0 Å². The minimum absolute atomic E-state index is 0.711. The zero-order valence-corrected chi connectivity index (χ0v) is 31.5. The summed E-state index contributed by atoms with van der Waals surface area (Å²) in [6.07, 6.45) is 0. The summed E-state index contributed by atoms with van der Waals surface area (Å²) in [4.78, 5) is 10.2. The average molecular weight is 745 g/mol. The molecule has 4 nitrogen and oxygen atoms in total. The first-order valence-corrected chi connectivity index (χ1v) is 20.1. The molecule has 4 aromatic heterocycles. The molecule has 0 spiro atoms. The summed E-state index contributed by atoms with van der Waals surface area (Å²) >= 11 is 1.90. The molecule has 4 heterocycles. The molecule has 5 heteroatoms. The smallest absolute Gasteiger partial charge is 0.160 e. The Labute approximate surface area is 332 Å². The first kappa shape index (κ1) is 32.0. The van der Waals surface area contributed by atoms with Crippen LogP contribution in [0.3, 0.4) is 0 Å². The van der Waals surface area contributed by atoms with Crippen molar-refractivity contribution in [2.75, 3.05) is 0 Å². The second-order valence-corrected chi connectivity index (χ2v) is 15.6. The Morgan fingerprint density at radius 2 is 0.825 bits per heavy atom. The van der Waals surface area contributed by atoms with Crippen LogP contribution in [-0.2, 0) is 0 Å². The zero-order valence-electron chi connectivity index (χ0n) is 30.7. The number of nitrogens with zero attached hydrogens (tertiary/aromatic N) is 4. The largest absolute Gasteiger partial charge is 0.308 e. The molecule has 0 bridgehead atoms. The van der Waals surface area contributed by atoms with Crippen molar-refractivity contribution in [2.45, 2.75) is 0 Å². The minimum Gasteiger partial charge on any atom is -0.308 e. The molecule has 12 rings (SSSR count). The van der Waals surface area contributed by atoms with Gasteiger partial charge in [-0.25, -0.2) is 9.97 Å². The molecule has 0 aliphatic carbocycles. The quantitative estimate of drug-likeness (QED) is 0.176. The van der Waals surface area contributed by atoms with E-state index in [1.165, 1.54) is 63.8 Å². The van der Waals surface area contributed by atoms with E-state index in [0.717, 1.165) is 39.5 Å². The summed E-state index contributed by atoms with van der Waals surface area (Å²) < 4.78 is 7.59. The van der Waals surface area contributed by atoms with Crippen LogP contribution in [0.25, 0.3) is 109 Å². The summed E-state index contributed by atoms with van der Waals surface area (Å²) in [5.74, 6) is 0.711. The lowest BCUT2D eigenvalue weighted by Gasteiger charge is -2.13. The number of rotatable bonds is 5. The molecule has 0 N–H and O–H groups in total. The highest BCUT2D eigenvalue weighted by Gasteiger charge is 2.26. The second-order valence-electron chi connectivity index (χ2n) is 14.5. The molecular weight excluding hydrogens is 713 g/mol. The van der Waals surface area contributed by atoms with Gasteiger partial charge >= 0.3 is 0 Å². The standard InChI is InChI=1S/C52H32N4S/c1-4-16-33(17-5-1)41-32-42(54-52(53-41)35-18-6-2-7-19-35)34-28-30-37(31-29-34)56-44-26-14-11-23-39(44)47-49(56)46-38-22-10-13-25-43(38)55(36-20-8-3-9-21-36)50(46)48-40-24-12-15-27-45(40)57-51(47)48/h1-32H. The van der Waals surface area contributed by atoms with Crippen LogP contribution in [0.2, 0.25) is 0 Å². The summed E-state index contributed by atoms with van der Waals surface area (Å²) in [6.45, 7) is 0. The fourth-order valence-corrected chi connectivity index (χ4v) is 10.1. The summed E-state index contributed by atoms with van der Waals surface area (Å²) in [5, 5.41) is 7.65. The third-order valence-corrected chi connectivity index (χ3v) is 12.5. The van der Waals surface area contributed by atoms with Gasteiger partial charge in [-0.05, 0) is 48.5 Å². The van der Waals surface area contributed by atoms with Crippen molar-refractivity contribution in [2.24, 2.45) is 0 Å². The summed E-state index contributed by atoms with van der Waals surface area (Å²) in [5.41, 5.74) is 12.0. The molecule has 0 amide bonds. The van der Waals surface area contributed by atoms with Gasteiger partial charge in [0.25, 0.3) is 0 Å². The van der Waals surface area contributed by atoms with Crippen LogP contribution in [0.5, 0.6) is 0 Å². The predicted octanol–water partition coefficient (Wildman–Crippen LogP) is 14.0. The molecule has 0 aliphatic rings. The number of aromatic nitrogens is 4. The number of fused-ring (bicyclic) bond motifs is 12. The fourth-order valence-electron chi connectivity index (χ4n) is 8.84. The van der Waals surface area contributed by atoms with Gasteiger partial charge in [-0.3, -0.25) is 0 Å². The van der Waals surface area contributed by atoms with E-state index in [1.54, 1.807) is 0 Å². The minimum atomic E-state index is 0.711. The van der Waals surface area contributed by atoms with Crippen LogP contribution in [0, 0.1) is 0 Å². The normalized spacial score (nSPS) is 11.9. The van der Waals surface area contributed by atoms with Crippen LogP contribution < -0.4 is 0 Å². The highest BCUT2D eigenvalue weighted by molar-refractivity contribution is 7.27. The van der Waals surface area contributed by atoms with Crippen LogP contribution in [0.1, 0.15) is 0 Å². The molecule has 0 aliphatic heterocycles. The summed E-state index contributed by atoms with van der Waals surface area (Å²) in [7, 11) is 0. The molecule has 12 aromatic rings. The number of hydrogen-bond acceptors (Lipinski definition) is 3. The zero-order chi connectivity index (χ0) is 37.5. The van der Waals surface area contributed by atoms with E-state index in [0.29, 0.717) is 5.82 Å². The maximum atomic E-state index is 5.13. The fraction of sp³-hybridized carbons (Fsp3) is 0. The van der Waals surface area contributed by atoms with Crippen LogP contribution in [0.15, 0.2) is 194 Å². The van der Waals surface area contributed by atoms with Gasteiger partial charge in [-0.1, -0.05) is 146 Å². The molecule has 0 atom stereocenters. The van der Waals surface area contributed by atoms with Crippen molar-refractivity contribution in [3.63, 3.8) is 0 Å². The molecule has 57 heavy (non-hydrogen) atoms. The third kappa shape index (κ3) is 4.86. The predicted molar refractivity (Wildman–Crippen MR) is 240 cm³/mol. The van der Waals surface area contributed by atoms with Gasteiger partial charge in [0, 0.05) is 69.8 Å². The molecular formula is C52H32N4S. The first-order valence-electron chi connectivity index (χ1n) is 19.3. The van der Waals surface area contributed by atoms with E-state index >= 15 is 0 Å². The number of hydrogen-bond donors (Lipinski definition) is 0. The monoisotopic (exact) mass is 744 g/mol. The van der Waals surface area contributed by atoms with E-state index in [4.69, 9.17) is 9.97 Å². The highest BCUT2D eigenvalue weighted by atomic mass is 32.1. The van der Waals surface area contributed by atoms with E-state index in [1.807, 2.05) is 35.6 Å². The Kier molecular flexibility index (Phi) is 7.06. The molecule has 266 valence electrons. The molecule has 0 fully saturated rings. The molecule has 0 unspecified atom stereocenters. The molecule has 0 saturated heterocycles. The van der Waals surface area contributed by atoms with Crippen molar-refractivity contribution in [3.05, 3.63) is 194 Å². The van der Waals surface area contributed by atoms with Crippen LogP contribution in [-0.4, -0.2) is 19.1 Å². The van der Waals surface area contributed by atoms with Gasteiger partial charge < -0.3 is 9.13 Å². The first-order chi connectivity index (χ1) is 28.3. The van der Waals surface area contributed by atoms with Gasteiger partial charge in [-0.15, -0.1) is 11.3 Å². The molecule has 0 saturated carbocycles. The van der Waals surface area contributed by atoms with Crippen molar-refractivity contribution in [1.29, 1.82) is 0 Å². The Hall–Kier alpha value is -7.34. The molecule has 8 aromatic carbocycles. The van der Waals surface area contributed by atoms with Gasteiger partial charge in [0.1, 0.15) is 0 Å². The topological polar surface area (TPSA) is 35.6 Å². The van der Waals surface area contributed by atoms with Gasteiger partial charge in [0.15, 0.2) is 5.82 Å².